The molecule has 4 nitrogen and oxygen atoms in total. The standard InChI is InChI=1S/C26H24F2N2O2/c27-23-11-6-10-19(14-23)26(32)30-16-21(18-7-2-1-3-8-18)13-22(17-30)25(31)29-15-20-9-4-5-12-24(20)28/h1-12,14,21-22H,13,15-17H2,(H,29,31)/t21-,22-/m1/s1. The van der Waals surface area contributed by atoms with Crippen molar-refractivity contribution in [2.75, 3.05) is 13.1 Å². The molecule has 2 atom stereocenters. The summed E-state index contributed by atoms with van der Waals surface area (Å²) in [7, 11) is 0. The lowest BCUT2D eigenvalue weighted by molar-refractivity contribution is -0.126. The molecule has 3 aromatic carbocycles. The summed E-state index contributed by atoms with van der Waals surface area (Å²) in [6, 6.07) is 21.6. The van der Waals surface area contributed by atoms with Gasteiger partial charge in [-0.1, -0.05) is 54.6 Å². The predicted molar refractivity (Wildman–Crippen MR) is 118 cm³/mol. The van der Waals surface area contributed by atoms with Gasteiger partial charge in [-0.3, -0.25) is 9.59 Å². The number of piperidine rings is 1. The molecular weight excluding hydrogens is 410 g/mol. The van der Waals surface area contributed by atoms with Gasteiger partial charge in [0.2, 0.25) is 5.91 Å². The van der Waals surface area contributed by atoms with Crippen molar-refractivity contribution in [1.82, 2.24) is 10.2 Å². The van der Waals surface area contributed by atoms with Gasteiger partial charge in [0.15, 0.2) is 0 Å². The normalized spacial score (nSPS) is 18.2. The van der Waals surface area contributed by atoms with Crippen molar-refractivity contribution in [2.24, 2.45) is 5.92 Å². The molecule has 1 N–H and O–H groups in total. The number of carbonyl (C=O) groups excluding carboxylic acids is 2. The molecule has 32 heavy (non-hydrogen) atoms. The summed E-state index contributed by atoms with van der Waals surface area (Å²) in [5, 5.41) is 2.81. The molecular formula is C26H24F2N2O2. The molecule has 4 rings (SSSR count). The number of nitrogens with one attached hydrogen (secondary N) is 1. The van der Waals surface area contributed by atoms with Gasteiger partial charge < -0.3 is 10.2 Å². The van der Waals surface area contributed by atoms with Crippen molar-refractivity contribution in [1.29, 1.82) is 0 Å². The fraction of sp³-hybridized carbons (Fsp3) is 0.231. The molecule has 0 spiro atoms. The molecule has 1 heterocycles. The van der Waals surface area contributed by atoms with E-state index in [-0.39, 0.29) is 42.2 Å². The lowest BCUT2D eigenvalue weighted by Gasteiger charge is -2.37. The van der Waals surface area contributed by atoms with E-state index in [4.69, 9.17) is 0 Å². The molecule has 2 amide bonds. The number of likely N-dealkylation sites (tertiary alicyclic amines) is 1. The van der Waals surface area contributed by atoms with Gasteiger partial charge >= 0.3 is 0 Å². The number of hydrogen-bond acceptors (Lipinski definition) is 2. The lowest BCUT2D eigenvalue weighted by atomic mass is 9.83. The number of rotatable bonds is 5. The van der Waals surface area contributed by atoms with E-state index in [9.17, 15) is 18.4 Å². The molecule has 0 unspecified atom stereocenters. The zero-order valence-corrected chi connectivity index (χ0v) is 17.5. The van der Waals surface area contributed by atoms with Crippen molar-refractivity contribution in [3.63, 3.8) is 0 Å². The largest absolute Gasteiger partial charge is 0.352 e. The molecule has 1 aliphatic heterocycles. The summed E-state index contributed by atoms with van der Waals surface area (Å²) in [6.07, 6.45) is 0.569. The second-order valence-corrected chi connectivity index (χ2v) is 8.07. The van der Waals surface area contributed by atoms with Crippen LogP contribution >= 0.6 is 0 Å². The first kappa shape index (κ1) is 21.7. The molecule has 6 heteroatoms. The Balaban J connectivity index is 1.53. The minimum atomic E-state index is -0.480. The number of halogens is 2. The Morgan fingerprint density at radius 3 is 2.41 bits per heavy atom. The second kappa shape index (κ2) is 9.73. The number of carbonyl (C=O) groups is 2. The summed E-state index contributed by atoms with van der Waals surface area (Å²) in [4.78, 5) is 27.7. The van der Waals surface area contributed by atoms with Crippen LogP contribution in [0.1, 0.15) is 33.8 Å². The first-order valence-corrected chi connectivity index (χ1v) is 10.6. The number of amides is 2. The average molecular weight is 434 g/mol. The summed E-state index contributed by atoms with van der Waals surface area (Å²) >= 11 is 0. The van der Waals surface area contributed by atoms with E-state index >= 15 is 0 Å². The van der Waals surface area contributed by atoms with Crippen molar-refractivity contribution < 1.29 is 18.4 Å². The third-order valence-electron chi connectivity index (χ3n) is 5.86. The van der Waals surface area contributed by atoms with E-state index in [2.05, 4.69) is 5.32 Å². The topological polar surface area (TPSA) is 49.4 Å². The van der Waals surface area contributed by atoms with E-state index in [0.29, 0.717) is 18.5 Å². The molecule has 0 aliphatic carbocycles. The minimum absolute atomic E-state index is 0.0355. The van der Waals surface area contributed by atoms with Gasteiger partial charge in [0, 0.05) is 36.7 Å². The maximum Gasteiger partial charge on any atom is 0.253 e. The summed E-state index contributed by atoms with van der Waals surface area (Å²) in [5.74, 6) is -1.89. The van der Waals surface area contributed by atoms with Gasteiger partial charge in [0.25, 0.3) is 5.91 Å². The van der Waals surface area contributed by atoms with Crippen molar-refractivity contribution in [2.45, 2.75) is 18.9 Å². The van der Waals surface area contributed by atoms with E-state index in [1.54, 1.807) is 29.2 Å². The van der Waals surface area contributed by atoms with Crippen molar-refractivity contribution in [3.05, 3.63) is 107 Å². The molecule has 0 bridgehead atoms. The van der Waals surface area contributed by atoms with Gasteiger partial charge in [-0.2, -0.15) is 0 Å². The maximum atomic E-state index is 13.9. The molecule has 1 fully saturated rings. The Hall–Kier alpha value is -3.54. The van der Waals surface area contributed by atoms with Crippen LogP contribution in [-0.2, 0) is 11.3 Å². The van der Waals surface area contributed by atoms with Crippen LogP contribution in [0.15, 0.2) is 78.9 Å². The molecule has 164 valence electrons. The average Bonchev–Trinajstić information content (AvgIpc) is 2.83. The molecule has 0 aromatic heterocycles. The van der Waals surface area contributed by atoms with Gasteiger partial charge in [-0.25, -0.2) is 8.78 Å². The van der Waals surface area contributed by atoms with Crippen molar-refractivity contribution >= 4 is 11.8 Å². The zero-order valence-electron chi connectivity index (χ0n) is 17.5. The molecule has 1 saturated heterocycles. The van der Waals surface area contributed by atoms with Crippen LogP contribution in [0.2, 0.25) is 0 Å². The Bertz CT molecular complexity index is 1100. The summed E-state index contributed by atoms with van der Waals surface area (Å²) in [5.41, 5.74) is 1.70. The predicted octanol–water partition coefficient (Wildman–Crippen LogP) is 4.53. The summed E-state index contributed by atoms with van der Waals surface area (Å²) in [6.45, 7) is 0.744. The zero-order chi connectivity index (χ0) is 22.5. The van der Waals surface area contributed by atoms with Gasteiger partial charge in [-0.15, -0.1) is 0 Å². The van der Waals surface area contributed by atoms with Crippen LogP contribution in [-0.4, -0.2) is 29.8 Å². The van der Waals surface area contributed by atoms with E-state index in [1.165, 1.54) is 24.3 Å². The van der Waals surface area contributed by atoms with Crippen molar-refractivity contribution in [3.8, 4) is 0 Å². The maximum absolute atomic E-state index is 13.9. The number of nitrogens with zero attached hydrogens (tertiary/aromatic N) is 1. The lowest BCUT2D eigenvalue weighted by Crippen LogP contribution is -2.48. The molecule has 0 radical (unpaired) electrons. The molecule has 1 aliphatic rings. The Morgan fingerprint density at radius 1 is 0.906 bits per heavy atom. The second-order valence-electron chi connectivity index (χ2n) is 8.07. The van der Waals surface area contributed by atoms with Crippen LogP contribution in [0.4, 0.5) is 8.78 Å². The highest BCUT2D eigenvalue weighted by molar-refractivity contribution is 5.94. The molecule has 0 saturated carbocycles. The quantitative estimate of drug-likeness (QED) is 0.642. The van der Waals surface area contributed by atoms with E-state index in [0.717, 1.165) is 5.56 Å². The monoisotopic (exact) mass is 434 g/mol. The Kier molecular flexibility index (Phi) is 6.59. The van der Waals surface area contributed by atoms with E-state index in [1.807, 2.05) is 30.3 Å². The fourth-order valence-electron chi connectivity index (χ4n) is 4.19. The Labute approximate surface area is 185 Å². The minimum Gasteiger partial charge on any atom is -0.352 e. The number of benzene rings is 3. The van der Waals surface area contributed by atoms with E-state index < -0.39 is 11.7 Å². The van der Waals surface area contributed by atoms with Gasteiger partial charge in [0.1, 0.15) is 11.6 Å². The van der Waals surface area contributed by atoms with Crippen LogP contribution in [0.25, 0.3) is 0 Å². The first-order valence-electron chi connectivity index (χ1n) is 10.6. The number of hydrogen-bond donors (Lipinski definition) is 1. The first-order chi connectivity index (χ1) is 15.5. The van der Waals surface area contributed by atoms with Crippen LogP contribution < -0.4 is 5.32 Å². The van der Waals surface area contributed by atoms with Crippen LogP contribution in [0.5, 0.6) is 0 Å². The highest BCUT2D eigenvalue weighted by atomic mass is 19.1. The fourth-order valence-corrected chi connectivity index (χ4v) is 4.19. The van der Waals surface area contributed by atoms with Crippen LogP contribution in [0.3, 0.4) is 0 Å². The van der Waals surface area contributed by atoms with Gasteiger partial charge in [0.05, 0.1) is 5.92 Å². The third-order valence-corrected chi connectivity index (χ3v) is 5.86. The summed E-state index contributed by atoms with van der Waals surface area (Å²) < 4.78 is 27.6. The smallest absolute Gasteiger partial charge is 0.253 e. The highest BCUT2D eigenvalue weighted by Crippen LogP contribution is 2.31. The van der Waals surface area contributed by atoms with Gasteiger partial charge in [-0.05, 0) is 36.2 Å². The molecule has 3 aromatic rings. The third kappa shape index (κ3) is 5.02. The highest BCUT2D eigenvalue weighted by Gasteiger charge is 2.35. The Morgan fingerprint density at radius 2 is 1.66 bits per heavy atom. The SMILES string of the molecule is O=C(NCc1ccccc1F)[C@@H]1C[C@@H](c2ccccc2)CN(C(=O)c2cccc(F)c2)C1. The van der Waals surface area contributed by atoms with Crippen LogP contribution in [0, 0.1) is 17.6 Å².